The fraction of sp³-hybridized carbons (Fsp3) is 0.625. The van der Waals surface area contributed by atoms with Gasteiger partial charge < -0.3 is 15.0 Å². The van der Waals surface area contributed by atoms with Crippen LogP contribution in [0.5, 0.6) is 0 Å². The fourth-order valence-corrected chi connectivity index (χ4v) is 3.43. The van der Waals surface area contributed by atoms with Gasteiger partial charge in [0.05, 0.1) is 18.8 Å². The molecule has 1 saturated heterocycles. The monoisotopic (exact) mass is 260 g/mol. The first kappa shape index (κ1) is 12.9. The maximum atomic E-state index is 5.94. The van der Waals surface area contributed by atoms with E-state index in [1.807, 2.05) is 7.05 Å². The van der Waals surface area contributed by atoms with E-state index in [0.29, 0.717) is 12.1 Å². The van der Waals surface area contributed by atoms with Crippen molar-refractivity contribution in [3.8, 4) is 0 Å². The molecule has 1 aliphatic heterocycles. The van der Waals surface area contributed by atoms with Crippen molar-refractivity contribution in [2.45, 2.75) is 44.4 Å². The van der Waals surface area contributed by atoms with Gasteiger partial charge in [-0.3, -0.25) is 0 Å². The second kappa shape index (κ2) is 5.93. The van der Waals surface area contributed by atoms with Gasteiger partial charge in [0.2, 0.25) is 0 Å². The number of ether oxygens (including phenoxy) is 1. The summed E-state index contributed by atoms with van der Waals surface area (Å²) in [5.41, 5.74) is 2.71. The number of anilines is 1. The molecule has 0 aromatic heterocycles. The molecule has 0 bridgehead atoms. The number of hydrogen-bond donors (Lipinski definition) is 1. The van der Waals surface area contributed by atoms with Crippen molar-refractivity contribution >= 4 is 5.69 Å². The molecule has 104 valence electrons. The Bertz CT molecular complexity index is 402. The molecular formula is C16H24N2O. The van der Waals surface area contributed by atoms with Crippen LogP contribution in [0.3, 0.4) is 0 Å². The second-order valence-electron chi connectivity index (χ2n) is 5.65. The van der Waals surface area contributed by atoms with Crippen molar-refractivity contribution in [2.75, 3.05) is 25.1 Å². The van der Waals surface area contributed by atoms with Crippen LogP contribution in [0.25, 0.3) is 0 Å². The summed E-state index contributed by atoms with van der Waals surface area (Å²) in [5, 5.41) is 3.19. The molecule has 2 unspecified atom stereocenters. The van der Waals surface area contributed by atoms with Gasteiger partial charge in [-0.2, -0.15) is 0 Å². The summed E-state index contributed by atoms with van der Waals surface area (Å²) in [6.07, 6.45) is 5.65. The van der Waals surface area contributed by atoms with Crippen molar-refractivity contribution in [3.05, 3.63) is 29.8 Å². The lowest BCUT2D eigenvalue weighted by atomic mass is 9.89. The first-order valence-corrected chi connectivity index (χ1v) is 7.50. The third kappa shape index (κ3) is 2.77. The van der Waals surface area contributed by atoms with Gasteiger partial charge in [0, 0.05) is 18.8 Å². The second-order valence-corrected chi connectivity index (χ2v) is 5.65. The van der Waals surface area contributed by atoms with Gasteiger partial charge in [0.15, 0.2) is 0 Å². The zero-order chi connectivity index (χ0) is 13.1. The van der Waals surface area contributed by atoms with Crippen LogP contribution in [0.1, 0.15) is 31.2 Å². The van der Waals surface area contributed by atoms with Gasteiger partial charge in [-0.1, -0.05) is 25.0 Å². The molecule has 1 N–H and O–H groups in total. The van der Waals surface area contributed by atoms with Crippen molar-refractivity contribution in [3.63, 3.8) is 0 Å². The molecule has 1 aromatic carbocycles. The van der Waals surface area contributed by atoms with Gasteiger partial charge >= 0.3 is 0 Å². The Morgan fingerprint density at radius 2 is 2.00 bits per heavy atom. The number of nitrogens with one attached hydrogen (secondary N) is 1. The van der Waals surface area contributed by atoms with E-state index in [-0.39, 0.29) is 0 Å². The van der Waals surface area contributed by atoms with Gasteiger partial charge in [0.1, 0.15) is 0 Å². The minimum Gasteiger partial charge on any atom is -0.374 e. The van der Waals surface area contributed by atoms with Crippen molar-refractivity contribution < 1.29 is 4.74 Å². The molecule has 19 heavy (non-hydrogen) atoms. The summed E-state index contributed by atoms with van der Waals surface area (Å²) < 4.78 is 5.94. The lowest BCUT2D eigenvalue weighted by molar-refractivity contribution is -0.00867. The summed E-state index contributed by atoms with van der Waals surface area (Å²) in [5.74, 6) is 0. The van der Waals surface area contributed by atoms with Crippen LogP contribution in [-0.2, 0) is 11.3 Å². The standard InChI is InChI=1S/C16H24N2O/c1-17-12-13-6-8-14(9-7-13)18-10-11-19-16-5-3-2-4-15(16)18/h6-9,15-17H,2-5,10-12H2,1H3. The molecule has 0 amide bonds. The van der Waals surface area contributed by atoms with E-state index >= 15 is 0 Å². The SMILES string of the molecule is CNCc1ccc(N2CCOC3CCCCC32)cc1. The molecule has 0 radical (unpaired) electrons. The van der Waals surface area contributed by atoms with E-state index < -0.39 is 0 Å². The van der Waals surface area contributed by atoms with E-state index in [9.17, 15) is 0 Å². The van der Waals surface area contributed by atoms with Crippen LogP contribution in [0.2, 0.25) is 0 Å². The van der Waals surface area contributed by atoms with Crippen LogP contribution >= 0.6 is 0 Å². The van der Waals surface area contributed by atoms with E-state index in [4.69, 9.17) is 4.74 Å². The molecule has 3 rings (SSSR count). The van der Waals surface area contributed by atoms with Gasteiger partial charge in [-0.05, 0) is 37.6 Å². The van der Waals surface area contributed by atoms with E-state index in [1.165, 1.54) is 36.9 Å². The summed E-state index contributed by atoms with van der Waals surface area (Å²) in [7, 11) is 1.99. The summed E-state index contributed by atoms with van der Waals surface area (Å²) in [6, 6.07) is 9.60. The van der Waals surface area contributed by atoms with Crippen LogP contribution in [0, 0.1) is 0 Å². The van der Waals surface area contributed by atoms with E-state index in [0.717, 1.165) is 19.7 Å². The average Bonchev–Trinajstić information content (AvgIpc) is 2.48. The number of rotatable bonds is 3. The average molecular weight is 260 g/mol. The molecule has 1 aromatic rings. The molecule has 2 fully saturated rings. The number of hydrogen-bond acceptors (Lipinski definition) is 3. The molecule has 3 nitrogen and oxygen atoms in total. The predicted molar refractivity (Wildman–Crippen MR) is 78.5 cm³/mol. The third-order valence-corrected chi connectivity index (χ3v) is 4.38. The predicted octanol–water partition coefficient (Wildman–Crippen LogP) is 2.55. The highest BCUT2D eigenvalue weighted by atomic mass is 16.5. The first-order chi connectivity index (χ1) is 9.38. The normalized spacial score (nSPS) is 27.1. The Kier molecular flexibility index (Phi) is 4.04. The van der Waals surface area contributed by atoms with E-state index in [2.05, 4.69) is 34.5 Å². The lowest BCUT2D eigenvalue weighted by Crippen LogP contribution is -2.52. The molecule has 3 heteroatoms. The number of nitrogens with zero attached hydrogens (tertiary/aromatic N) is 1. The smallest absolute Gasteiger partial charge is 0.0779 e. The maximum Gasteiger partial charge on any atom is 0.0779 e. The van der Waals surface area contributed by atoms with Crippen LogP contribution in [0.15, 0.2) is 24.3 Å². The maximum absolute atomic E-state index is 5.94. The minimum absolute atomic E-state index is 0.458. The van der Waals surface area contributed by atoms with Crippen molar-refractivity contribution in [2.24, 2.45) is 0 Å². The Labute approximate surface area is 115 Å². The third-order valence-electron chi connectivity index (χ3n) is 4.38. The molecule has 1 aliphatic carbocycles. The van der Waals surface area contributed by atoms with Crippen LogP contribution < -0.4 is 10.2 Å². The Hall–Kier alpha value is -1.06. The summed E-state index contributed by atoms with van der Waals surface area (Å²) in [4.78, 5) is 2.57. The number of fused-ring (bicyclic) bond motifs is 1. The number of benzene rings is 1. The zero-order valence-electron chi connectivity index (χ0n) is 11.8. The highest BCUT2D eigenvalue weighted by Crippen LogP contribution is 2.31. The zero-order valence-corrected chi connectivity index (χ0v) is 11.8. The number of morpholine rings is 1. The topological polar surface area (TPSA) is 24.5 Å². The lowest BCUT2D eigenvalue weighted by Gasteiger charge is -2.45. The quantitative estimate of drug-likeness (QED) is 0.904. The highest BCUT2D eigenvalue weighted by Gasteiger charge is 2.34. The Morgan fingerprint density at radius 3 is 2.79 bits per heavy atom. The fourth-order valence-electron chi connectivity index (χ4n) is 3.43. The summed E-state index contributed by atoms with van der Waals surface area (Å²) >= 11 is 0. The first-order valence-electron chi connectivity index (χ1n) is 7.50. The molecule has 0 spiro atoms. The van der Waals surface area contributed by atoms with E-state index in [1.54, 1.807) is 0 Å². The molecule has 1 heterocycles. The molecule has 1 saturated carbocycles. The van der Waals surface area contributed by atoms with Crippen LogP contribution in [0.4, 0.5) is 5.69 Å². The molecular weight excluding hydrogens is 236 g/mol. The highest BCUT2D eigenvalue weighted by molar-refractivity contribution is 5.49. The van der Waals surface area contributed by atoms with Gasteiger partial charge in [-0.15, -0.1) is 0 Å². The van der Waals surface area contributed by atoms with Crippen molar-refractivity contribution in [1.29, 1.82) is 0 Å². The van der Waals surface area contributed by atoms with Crippen molar-refractivity contribution in [1.82, 2.24) is 5.32 Å². The summed E-state index contributed by atoms with van der Waals surface area (Å²) in [6.45, 7) is 2.85. The van der Waals surface area contributed by atoms with Gasteiger partial charge in [0.25, 0.3) is 0 Å². The largest absolute Gasteiger partial charge is 0.374 e. The molecule has 2 aliphatic rings. The Morgan fingerprint density at radius 1 is 1.21 bits per heavy atom. The van der Waals surface area contributed by atoms with Crippen LogP contribution in [-0.4, -0.2) is 32.3 Å². The Balaban J connectivity index is 1.75. The van der Waals surface area contributed by atoms with Gasteiger partial charge in [-0.25, -0.2) is 0 Å². The molecule has 2 atom stereocenters. The minimum atomic E-state index is 0.458.